The maximum Gasteiger partial charge on any atom is 0.243 e. The number of aryl methyl sites for hydroxylation is 2. The number of sulfonamides is 1. The quantitative estimate of drug-likeness (QED) is 0.229. The summed E-state index contributed by atoms with van der Waals surface area (Å²) in [4.78, 5) is 29.7. The molecule has 0 bridgehead atoms. The highest BCUT2D eigenvalue weighted by atomic mass is 35.5. The highest BCUT2D eigenvalue weighted by molar-refractivity contribution is 7.92. The first-order valence-electron chi connectivity index (χ1n) is 15.4. The van der Waals surface area contributed by atoms with Gasteiger partial charge in [0.2, 0.25) is 21.8 Å². The van der Waals surface area contributed by atoms with Crippen molar-refractivity contribution in [3.8, 4) is 0 Å². The molecule has 1 saturated carbocycles. The average molecular weight is 638 g/mol. The predicted molar refractivity (Wildman–Crippen MR) is 178 cm³/mol. The molecule has 7 nitrogen and oxygen atoms in total. The molecule has 4 rings (SSSR count). The van der Waals surface area contributed by atoms with Crippen LogP contribution in [0.3, 0.4) is 0 Å². The molecule has 0 heterocycles. The zero-order chi connectivity index (χ0) is 31.7. The highest BCUT2D eigenvalue weighted by Gasteiger charge is 2.32. The molecule has 1 aliphatic rings. The average Bonchev–Trinajstić information content (AvgIpc) is 2.97. The van der Waals surface area contributed by atoms with Crippen LogP contribution in [0.4, 0.5) is 5.69 Å². The summed E-state index contributed by atoms with van der Waals surface area (Å²) in [7, 11) is -3.58. The molecule has 236 valence electrons. The minimum Gasteiger partial charge on any atom is -0.352 e. The van der Waals surface area contributed by atoms with Crippen molar-refractivity contribution in [1.29, 1.82) is 0 Å². The Hall–Kier alpha value is -3.36. The fraction of sp³-hybridized carbons (Fsp3) is 0.429. The van der Waals surface area contributed by atoms with Gasteiger partial charge in [-0.1, -0.05) is 85.5 Å². The summed E-state index contributed by atoms with van der Waals surface area (Å²) < 4.78 is 26.9. The summed E-state index contributed by atoms with van der Waals surface area (Å²) in [5, 5.41) is 3.77. The number of nitrogens with one attached hydrogen (secondary N) is 1. The maximum absolute atomic E-state index is 14.1. The normalized spacial score (nSPS) is 14.5. The van der Waals surface area contributed by atoms with Crippen molar-refractivity contribution in [3.05, 3.63) is 100 Å². The minimum absolute atomic E-state index is 0.0727. The van der Waals surface area contributed by atoms with E-state index in [4.69, 9.17) is 11.6 Å². The number of carbonyl (C=O) groups is 2. The number of anilines is 1. The second-order valence-corrected chi connectivity index (χ2v) is 14.3. The van der Waals surface area contributed by atoms with Crippen LogP contribution in [0.25, 0.3) is 0 Å². The van der Waals surface area contributed by atoms with Gasteiger partial charge in [0.25, 0.3) is 0 Å². The number of rotatable bonds is 13. The van der Waals surface area contributed by atoms with Gasteiger partial charge in [-0.3, -0.25) is 13.9 Å². The van der Waals surface area contributed by atoms with Crippen molar-refractivity contribution in [2.75, 3.05) is 17.1 Å². The van der Waals surface area contributed by atoms with Crippen LogP contribution >= 0.6 is 11.6 Å². The van der Waals surface area contributed by atoms with E-state index in [1.54, 1.807) is 11.0 Å². The molecular formula is C35H44ClN3O4S. The van der Waals surface area contributed by atoms with Gasteiger partial charge in [0.1, 0.15) is 6.04 Å². The van der Waals surface area contributed by atoms with Crippen LogP contribution in [-0.4, -0.2) is 50.0 Å². The first-order valence-corrected chi connectivity index (χ1v) is 17.7. The third-order valence-corrected chi connectivity index (χ3v) is 9.73. The van der Waals surface area contributed by atoms with Gasteiger partial charge in [0.15, 0.2) is 0 Å². The zero-order valence-corrected chi connectivity index (χ0v) is 27.5. The summed E-state index contributed by atoms with van der Waals surface area (Å²) in [5.41, 5.74) is 4.20. The molecule has 0 aliphatic heterocycles. The first-order chi connectivity index (χ1) is 21.0. The molecule has 1 unspecified atom stereocenters. The summed E-state index contributed by atoms with van der Waals surface area (Å²) in [6.07, 6.45) is 7.09. The second kappa shape index (κ2) is 15.6. The van der Waals surface area contributed by atoms with Crippen molar-refractivity contribution in [3.63, 3.8) is 0 Å². The van der Waals surface area contributed by atoms with Crippen LogP contribution in [0.15, 0.2) is 72.8 Å². The van der Waals surface area contributed by atoms with E-state index >= 15 is 0 Å². The van der Waals surface area contributed by atoms with Crippen LogP contribution in [0.1, 0.15) is 67.2 Å². The molecule has 44 heavy (non-hydrogen) atoms. The molecular weight excluding hydrogens is 594 g/mol. The van der Waals surface area contributed by atoms with Crippen molar-refractivity contribution >= 4 is 39.1 Å². The highest BCUT2D eigenvalue weighted by Crippen LogP contribution is 2.25. The van der Waals surface area contributed by atoms with Gasteiger partial charge in [0, 0.05) is 37.0 Å². The van der Waals surface area contributed by atoms with Gasteiger partial charge in [-0.25, -0.2) is 8.42 Å². The molecule has 3 aromatic carbocycles. The van der Waals surface area contributed by atoms with Gasteiger partial charge in [-0.15, -0.1) is 0 Å². The lowest BCUT2D eigenvalue weighted by Gasteiger charge is -2.34. The number of hydrogen-bond acceptors (Lipinski definition) is 4. The lowest BCUT2D eigenvalue weighted by atomic mass is 9.94. The fourth-order valence-electron chi connectivity index (χ4n) is 6.01. The Morgan fingerprint density at radius 1 is 0.932 bits per heavy atom. The van der Waals surface area contributed by atoms with E-state index in [-0.39, 0.29) is 37.4 Å². The molecule has 1 N–H and O–H groups in total. The van der Waals surface area contributed by atoms with Crippen molar-refractivity contribution < 1.29 is 18.0 Å². The maximum atomic E-state index is 14.1. The molecule has 1 aliphatic carbocycles. The van der Waals surface area contributed by atoms with E-state index in [1.807, 2.05) is 80.6 Å². The largest absolute Gasteiger partial charge is 0.352 e. The predicted octanol–water partition coefficient (Wildman–Crippen LogP) is 6.59. The van der Waals surface area contributed by atoms with Crippen molar-refractivity contribution in [2.45, 2.75) is 83.8 Å². The Labute approximate surface area is 267 Å². The van der Waals surface area contributed by atoms with Crippen LogP contribution in [0.2, 0.25) is 5.02 Å². The van der Waals surface area contributed by atoms with E-state index in [0.717, 1.165) is 47.9 Å². The van der Waals surface area contributed by atoms with Gasteiger partial charge in [0.05, 0.1) is 11.9 Å². The summed E-state index contributed by atoms with van der Waals surface area (Å²) in [6, 6.07) is 22.1. The number of nitrogens with zero attached hydrogens (tertiary/aromatic N) is 2. The molecule has 1 fully saturated rings. The van der Waals surface area contributed by atoms with E-state index in [1.165, 1.54) is 17.0 Å². The van der Waals surface area contributed by atoms with E-state index in [9.17, 15) is 18.0 Å². The van der Waals surface area contributed by atoms with Crippen LogP contribution in [-0.2, 0) is 32.6 Å². The van der Waals surface area contributed by atoms with Gasteiger partial charge in [-0.2, -0.15) is 0 Å². The number of hydrogen-bond donors (Lipinski definition) is 1. The minimum atomic E-state index is -3.58. The fourth-order valence-corrected chi connectivity index (χ4v) is 7.15. The lowest BCUT2D eigenvalue weighted by molar-refractivity contribution is -0.141. The second-order valence-electron chi connectivity index (χ2n) is 11.9. The molecule has 0 radical (unpaired) electrons. The molecule has 3 aromatic rings. The third-order valence-electron chi connectivity index (χ3n) is 8.17. The lowest BCUT2D eigenvalue weighted by Crippen LogP contribution is -2.53. The Bertz CT molecular complexity index is 1500. The van der Waals surface area contributed by atoms with Gasteiger partial charge >= 0.3 is 0 Å². The molecule has 0 spiro atoms. The summed E-state index contributed by atoms with van der Waals surface area (Å²) >= 11 is 6.55. The molecule has 1 atom stereocenters. The van der Waals surface area contributed by atoms with Crippen LogP contribution < -0.4 is 9.62 Å². The van der Waals surface area contributed by atoms with Gasteiger partial charge in [-0.05, 0) is 73.6 Å². The van der Waals surface area contributed by atoms with E-state index in [2.05, 4.69) is 5.32 Å². The Morgan fingerprint density at radius 3 is 2.20 bits per heavy atom. The molecule has 0 saturated heterocycles. The SMILES string of the molecule is Cc1cc(C)cc(N(CCCC(=O)N(Cc2ccccc2Cl)C(Cc2ccccc2)C(=O)NC2CCCCC2)S(C)(=O)=O)c1. The number of amides is 2. The topological polar surface area (TPSA) is 86.8 Å². The third kappa shape index (κ3) is 9.57. The van der Waals surface area contributed by atoms with Crippen molar-refractivity contribution in [1.82, 2.24) is 10.2 Å². The number of benzene rings is 3. The Kier molecular flexibility index (Phi) is 11.9. The van der Waals surface area contributed by atoms with Crippen molar-refractivity contribution in [2.24, 2.45) is 0 Å². The van der Waals surface area contributed by atoms with E-state index < -0.39 is 16.1 Å². The standard InChI is InChI=1S/C35H44ClN3O4S/c1-26-21-27(2)23-31(22-26)39(44(3,42)43)20-12-19-34(40)38(25-29-15-10-11-18-32(29)36)33(24-28-13-6-4-7-14-28)35(41)37-30-16-8-5-9-17-30/h4,6-7,10-11,13-15,18,21-23,30,33H,5,8-9,12,16-17,19-20,24-25H2,1-3H3,(H,37,41). The molecule has 0 aromatic heterocycles. The number of carbonyl (C=O) groups excluding carboxylic acids is 2. The van der Waals surface area contributed by atoms with Crippen LogP contribution in [0.5, 0.6) is 0 Å². The van der Waals surface area contributed by atoms with Crippen LogP contribution in [0, 0.1) is 13.8 Å². The summed E-state index contributed by atoms with van der Waals surface area (Å²) in [5.74, 6) is -0.396. The number of halogens is 1. The zero-order valence-electron chi connectivity index (χ0n) is 26.0. The molecule has 9 heteroatoms. The monoisotopic (exact) mass is 637 g/mol. The van der Waals surface area contributed by atoms with Gasteiger partial charge < -0.3 is 10.2 Å². The Morgan fingerprint density at radius 2 is 1.57 bits per heavy atom. The summed E-state index contributed by atoms with van der Waals surface area (Å²) in [6.45, 7) is 4.17. The smallest absolute Gasteiger partial charge is 0.243 e. The van der Waals surface area contributed by atoms with E-state index in [0.29, 0.717) is 23.6 Å². The Balaban J connectivity index is 1.60. The first kappa shape index (κ1) is 33.5. The molecule has 2 amide bonds.